The van der Waals surface area contributed by atoms with Crippen molar-refractivity contribution in [1.82, 2.24) is 20.9 Å². The van der Waals surface area contributed by atoms with Gasteiger partial charge in [-0.25, -0.2) is 4.98 Å². The molecule has 8 heteroatoms. The summed E-state index contributed by atoms with van der Waals surface area (Å²) in [5.74, 6) is 0.693. The number of guanidine groups is 1. The number of carbonyl (C=O) groups is 1. The van der Waals surface area contributed by atoms with Crippen molar-refractivity contribution >= 4 is 47.2 Å². The van der Waals surface area contributed by atoms with Crippen LogP contribution in [0.5, 0.6) is 0 Å². The molecule has 6 nitrogen and oxygen atoms in total. The highest BCUT2D eigenvalue weighted by Crippen LogP contribution is 2.17. The largest absolute Gasteiger partial charge is 0.356 e. The summed E-state index contributed by atoms with van der Waals surface area (Å²) in [4.78, 5) is 21.9. The zero-order valence-electron chi connectivity index (χ0n) is 15.1. The van der Waals surface area contributed by atoms with Gasteiger partial charge in [0.25, 0.3) is 0 Å². The van der Waals surface area contributed by atoms with E-state index >= 15 is 0 Å². The van der Waals surface area contributed by atoms with E-state index in [0.717, 1.165) is 37.2 Å². The Morgan fingerprint density at radius 2 is 2.08 bits per heavy atom. The average Bonchev–Trinajstić information content (AvgIpc) is 3.07. The van der Waals surface area contributed by atoms with E-state index in [-0.39, 0.29) is 36.4 Å². The molecule has 142 valence electrons. The minimum absolute atomic E-state index is 0. The second-order valence-corrected chi connectivity index (χ2v) is 7.28. The van der Waals surface area contributed by atoms with Crippen molar-refractivity contribution in [2.24, 2.45) is 4.99 Å². The minimum atomic E-state index is 0. The molecule has 0 atom stereocenters. The van der Waals surface area contributed by atoms with Gasteiger partial charge in [-0.1, -0.05) is 26.2 Å². The summed E-state index contributed by atoms with van der Waals surface area (Å²) in [6.07, 6.45) is 9.78. The van der Waals surface area contributed by atoms with E-state index < -0.39 is 0 Å². The third-order valence-electron chi connectivity index (χ3n) is 4.19. The molecule has 3 N–H and O–H groups in total. The van der Waals surface area contributed by atoms with Gasteiger partial charge >= 0.3 is 0 Å². The second kappa shape index (κ2) is 12.5. The number of aliphatic imine (C=N–C) groups is 1. The summed E-state index contributed by atoms with van der Waals surface area (Å²) in [5.41, 5.74) is 0. The predicted molar refractivity (Wildman–Crippen MR) is 115 cm³/mol. The van der Waals surface area contributed by atoms with Crippen LogP contribution in [-0.2, 0) is 17.6 Å². The molecule has 1 aromatic rings. The molecule has 0 bridgehead atoms. The van der Waals surface area contributed by atoms with Gasteiger partial charge < -0.3 is 16.0 Å². The normalized spacial score (nSPS) is 15.4. The lowest BCUT2D eigenvalue weighted by atomic mass is 9.95. The van der Waals surface area contributed by atoms with Gasteiger partial charge in [-0.15, -0.1) is 35.3 Å². The van der Waals surface area contributed by atoms with Gasteiger partial charge in [0.1, 0.15) is 0 Å². The van der Waals surface area contributed by atoms with Crippen molar-refractivity contribution < 1.29 is 4.79 Å². The number of carbonyl (C=O) groups excluding carboxylic acids is 1. The topological polar surface area (TPSA) is 78.4 Å². The Labute approximate surface area is 171 Å². The Balaban J connectivity index is 0.00000312. The van der Waals surface area contributed by atoms with Gasteiger partial charge in [-0.05, 0) is 19.3 Å². The monoisotopic (exact) mass is 479 g/mol. The maximum Gasteiger partial charge on any atom is 0.239 e. The summed E-state index contributed by atoms with van der Waals surface area (Å²) in [5, 5.41) is 10.5. The van der Waals surface area contributed by atoms with Crippen LogP contribution in [0.3, 0.4) is 0 Å². The Morgan fingerprint density at radius 1 is 1.32 bits per heavy atom. The molecule has 25 heavy (non-hydrogen) atoms. The summed E-state index contributed by atoms with van der Waals surface area (Å²) in [7, 11) is 1.72. The third-order valence-corrected chi connectivity index (χ3v) is 5.39. The first-order valence-corrected chi connectivity index (χ1v) is 9.70. The lowest BCUT2D eigenvalue weighted by Gasteiger charge is -2.23. The number of aromatic nitrogens is 1. The van der Waals surface area contributed by atoms with Crippen molar-refractivity contribution in [3.05, 3.63) is 16.1 Å². The van der Waals surface area contributed by atoms with E-state index in [1.165, 1.54) is 24.1 Å². The highest BCUT2D eigenvalue weighted by atomic mass is 127. The van der Waals surface area contributed by atoms with Crippen LogP contribution in [-0.4, -0.2) is 43.0 Å². The van der Waals surface area contributed by atoms with E-state index in [9.17, 15) is 4.79 Å². The van der Waals surface area contributed by atoms with Crippen LogP contribution >= 0.6 is 35.3 Å². The zero-order chi connectivity index (χ0) is 17.2. The predicted octanol–water partition coefficient (Wildman–Crippen LogP) is 2.48. The number of hydrogen-bond donors (Lipinski definition) is 3. The zero-order valence-corrected chi connectivity index (χ0v) is 18.3. The molecule has 0 saturated heterocycles. The fourth-order valence-corrected chi connectivity index (χ4v) is 3.69. The van der Waals surface area contributed by atoms with Gasteiger partial charge in [-0.3, -0.25) is 9.79 Å². The van der Waals surface area contributed by atoms with Gasteiger partial charge in [0.05, 0.1) is 11.6 Å². The van der Waals surface area contributed by atoms with E-state index in [2.05, 4.69) is 32.9 Å². The number of halogens is 1. The number of amides is 1. The lowest BCUT2D eigenvalue weighted by molar-refractivity contribution is -0.120. The lowest BCUT2D eigenvalue weighted by Crippen LogP contribution is -2.46. The number of aryl methyl sites for hydroxylation is 1. The van der Waals surface area contributed by atoms with Gasteiger partial charge in [-0.2, -0.15) is 0 Å². The van der Waals surface area contributed by atoms with Crippen molar-refractivity contribution in [2.75, 3.05) is 20.1 Å². The minimum Gasteiger partial charge on any atom is -0.356 e. The molecule has 1 saturated carbocycles. The van der Waals surface area contributed by atoms with Gasteiger partial charge in [0, 0.05) is 37.1 Å². The maximum atomic E-state index is 12.0. The first kappa shape index (κ1) is 22.1. The third kappa shape index (κ3) is 8.35. The van der Waals surface area contributed by atoms with Crippen LogP contribution in [0.4, 0.5) is 0 Å². The quantitative estimate of drug-likeness (QED) is 0.319. The van der Waals surface area contributed by atoms with Crippen LogP contribution < -0.4 is 16.0 Å². The number of hydrogen-bond acceptors (Lipinski definition) is 4. The molecule has 1 amide bonds. The van der Waals surface area contributed by atoms with Crippen LogP contribution in [0.25, 0.3) is 0 Å². The van der Waals surface area contributed by atoms with Crippen molar-refractivity contribution in [3.63, 3.8) is 0 Å². The fraction of sp³-hybridized carbons (Fsp3) is 0.706. The molecule has 0 radical (unpaired) electrons. The highest BCUT2D eigenvalue weighted by molar-refractivity contribution is 14.0. The second-order valence-electron chi connectivity index (χ2n) is 6.08. The molecule has 0 spiro atoms. The maximum absolute atomic E-state index is 12.0. The first-order valence-electron chi connectivity index (χ1n) is 8.88. The average molecular weight is 479 g/mol. The molecule has 1 aliphatic carbocycles. The molecular weight excluding hydrogens is 449 g/mol. The van der Waals surface area contributed by atoms with Crippen LogP contribution in [0.15, 0.2) is 11.2 Å². The summed E-state index contributed by atoms with van der Waals surface area (Å²) < 4.78 is 0. The molecule has 1 fully saturated rings. The fourth-order valence-electron chi connectivity index (χ4n) is 2.83. The Kier molecular flexibility index (Phi) is 11.0. The smallest absolute Gasteiger partial charge is 0.239 e. The van der Waals surface area contributed by atoms with Crippen molar-refractivity contribution in [3.8, 4) is 0 Å². The molecule has 0 aromatic carbocycles. The van der Waals surface area contributed by atoms with Crippen LogP contribution in [0.2, 0.25) is 0 Å². The SMILES string of the molecule is CCc1cnc(CCNC(=NC)NCC(=O)NC2CCCCC2)s1.I. The Bertz CT molecular complexity index is 543. The van der Waals surface area contributed by atoms with Gasteiger partial charge in [0.2, 0.25) is 5.91 Å². The van der Waals surface area contributed by atoms with Crippen LogP contribution in [0, 0.1) is 0 Å². The van der Waals surface area contributed by atoms with E-state index in [1.54, 1.807) is 18.4 Å². The first-order chi connectivity index (χ1) is 11.7. The molecular formula is C17H30IN5OS. The van der Waals surface area contributed by atoms with Gasteiger partial charge in [0.15, 0.2) is 5.96 Å². The summed E-state index contributed by atoms with van der Waals surface area (Å²) in [6.45, 7) is 3.15. The Morgan fingerprint density at radius 3 is 2.72 bits per heavy atom. The molecule has 1 aliphatic rings. The van der Waals surface area contributed by atoms with E-state index in [0.29, 0.717) is 12.0 Å². The number of nitrogens with zero attached hydrogens (tertiary/aromatic N) is 2. The molecule has 1 aromatic heterocycles. The number of rotatable bonds is 7. The van der Waals surface area contributed by atoms with Crippen LogP contribution in [0.1, 0.15) is 48.9 Å². The number of nitrogens with one attached hydrogen (secondary N) is 3. The van der Waals surface area contributed by atoms with E-state index in [1.807, 2.05) is 6.20 Å². The molecule has 1 heterocycles. The molecule has 2 rings (SSSR count). The summed E-state index contributed by atoms with van der Waals surface area (Å²) >= 11 is 1.75. The standard InChI is InChI=1S/C17H29N5OS.HI/c1-3-14-11-20-16(24-14)9-10-19-17(18-2)21-12-15(23)22-13-7-5-4-6-8-13;/h11,13H,3-10,12H2,1-2H3,(H,22,23)(H2,18,19,21);1H. The highest BCUT2D eigenvalue weighted by Gasteiger charge is 2.15. The van der Waals surface area contributed by atoms with E-state index in [4.69, 9.17) is 0 Å². The summed E-state index contributed by atoms with van der Waals surface area (Å²) in [6, 6.07) is 0.348. The Hall–Kier alpha value is -0.900. The van der Waals surface area contributed by atoms with Crippen molar-refractivity contribution in [2.45, 2.75) is 57.9 Å². The molecule has 0 unspecified atom stereocenters. The molecule has 0 aliphatic heterocycles. The van der Waals surface area contributed by atoms with Crippen molar-refractivity contribution in [1.29, 1.82) is 0 Å². The number of thiazole rings is 1.